The van der Waals surface area contributed by atoms with E-state index in [0.29, 0.717) is 0 Å². The summed E-state index contributed by atoms with van der Waals surface area (Å²) in [6.45, 7) is 0. The molecule has 0 atom stereocenters. The van der Waals surface area contributed by atoms with Crippen molar-refractivity contribution in [2.75, 3.05) is 0 Å². The summed E-state index contributed by atoms with van der Waals surface area (Å²) in [5.74, 6) is 0. The Morgan fingerprint density at radius 3 is 2.57 bits per heavy atom. The molecule has 35 valence electrons. The fraction of sp³-hybridized carbons (Fsp3) is 0.250. The van der Waals surface area contributed by atoms with Gasteiger partial charge in [-0.25, -0.2) is 0 Å². The number of aromatic nitrogens is 2. The minimum Gasteiger partial charge on any atom is -0.442 e. The molecule has 1 aromatic heterocycles. The summed E-state index contributed by atoms with van der Waals surface area (Å²) >= 11 is 0. The van der Waals surface area contributed by atoms with Crippen molar-refractivity contribution in [3.8, 4) is 0 Å². The molecule has 2 nitrogen and oxygen atoms in total. The van der Waals surface area contributed by atoms with Gasteiger partial charge in [-0.05, 0) is 7.05 Å². The van der Waals surface area contributed by atoms with E-state index in [1.54, 1.807) is 12.5 Å². The van der Waals surface area contributed by atoms with Crippen molar-refractivity contribution in [2.45, 2.75) is 0 Å². The van der Waals surface area contributed by atoms with Gasteiger partial charge in [-0.15, -0.1) is 6.20 Å². The van der Waals surface area contributed by atoms with E-state index >= 15 is 0 Å². The first-order valence-corrected chi connectivity index (χ1v) is 1.73. The Balaban J connectivity index is 0.000000360. The van der Waals surface area contributed by atoms with Crippen LogP contribution in [0.1, 0.15) is 0 Å². The zero-order chi connectivity index (χ0) is 4.41. The normalized spacial score (nSPS) is 7.57. The number of rotatable bonds is 0. The van der Waals surface area contributed by atoms with Gasteiger partial charge in [0.25, 0.3) is 0 Å². The second kappa shape index (κ2) is 3.33. The largest absolute Gasteiger partial charge is 0.442 e. The van der Waals surface area contributed by atoms with Gasteiger partial charge < -0.3 is 9.55 Å². The van der Waals surface area contributed by atoms with Crippen LogP contribution in [0.2, 0.25) is 0 Å². The standard InChI is InChI=1S/C4H5N2.Y/c1-6-3-2-5-4-6;/h3-4H,1H3;/q-1;. The zero-order valence-electron chi connectivity index (χ0n) is 4.13. The van der Waals surface area contributed by atoms with Crippen LogP contribution in [0.4, 0.5) is 0 Å². The fourth-order valence-electron chi connectivity index (χ4n) is 0.282. The molecule has 0 N–H and O–H groups in total. The number of hydrogen-bond acceptors (Lipinski definition) is 1. The van der Waals surface area contributed by atoms with Crippen LogP contribution in [0.3, 0.4) is 0 Å². The number of aryl methyl sites for hydroxylation is 1. The van der Waals surface area contributed by atoms with E-state index in [9.17, 15) is 0 Å². The van der Waals surface area contributed by atoms with Crippen molar-refractivity contribution in [1.29, 1.82) is 0 Å². The van der Waals surface area contributed by atoms with Crippen LogP contribution in [-0.4, -0.2) is 9.55 Å². The fourth-order valence-corrected chi connectivity index (χ4v) is 0.282. The third-order valence-electron chi connectivity index (χ3n) is 0.576. The smallest absolute Gasteiger partial charge is 0 e. The van der Waals surface area contributed by atoms with Crippen LogP contribution in [0.5, 0.6) is 0 Å². The predicted molar refractivity (Wildman–Crippen MR) is 22.0 cm³/mol. The summed E-state index contributed by atoms with van der Waals surface area (Å²) in [6, 6.07) is 0. The molecule has 0 amide bonds. The minimum atomic E-state index is 0. The second-order valence-corrected chi connectivity index (χ2v) is 1.17. The number of imidazole rings is 1. The van der Waals surface area contributed by atoms with E-state index in [1.807, 2.05) is 11.6 Å². The Morgan fingerprint density at radius 2 is 2.43 bits per heavy atom. The van der Waals surface area contributed by atoms with Gasteiger partial charge in [-0.2, -0.15) is 0 Å². The van der Waals surface area contributed by atoms with Gasteiger partial charge in [0.15, 0.2) is 0 Å². The van der Waals surface area contributed by atoms with Gasteiger partial charge in [0.2, 0.25) is 0 Å². The van der Waals surface area contributed by atoms with E-state index in [0.717, 1.165) is 0 Å². The van der Waals surface area contributed by atoms with Gasteiger partial charge in [-0.1, -0.05) is 12.5 Å². The zero-order valence-corrected chi connectivity index (χ0v) is 6.96. The van der Waals surface area contributed by atoms with Crippen molar-refractivity contribution >= 4 is 0 Å². The summed E-state index contributed by atoms with van der Waals surface area (Å²) < 4.78 is 1.83. The Bertz CT molecular complexity index is 113. The molecule has 0 aliphatic rings. The molecule has 0 aliphatic heterocycles. The molecule has 0 spiro atoms. The van der Waals surface area contributed by atoms with E-state index in [1.165, 1.54) is 0 Å². The summed E-state index contributed by atoms with van der Waals surface area (Å²) in [4.78, 5) is 3.66. The molecule has 0 unspecified atom stereocenters. The molecule has 3 heteroatoms. The molecule has 0 aromatic carbocycles. The third-order valence-corrected chi connectivity index (χ3v) is 0.576. The topological polar surface area (TPSA) is 17.8 Å². The van der Waals surface area contributed by atoms with Crippen molar-refractivity contribution in [2.24, 2.45) is 7.05 Å². The first-order chi connectivity index (χ1) is 2.89. The first-order valence-electron chi connectivity index (χ1n) is 1.73. The van der Waals surface area contributed by atoms with Crippen molar-refractivity contribution in [3.05, 3.63) is 18.7 Å². The average molecular weight is 170 g/mol. The molecular weight excluding hydrogens is 165 g/mol. The minimum absolute atomic E-state index is 0. The Morgan fingerprint density at radius 1 is 1.71 bits per heavy atom. The van der Waals surface area contributed by atoms with E-state index in [2.05, 4.69) is 11.2 Å². The summed E-state index contributed by atoms with van der Waals surface area (Å²) in [5.41, 5.74) is 0. The van der Waals surface area contributed by atoms with Crippen LogP contribution in [-0.2, 0) is 39.8 Å². The molecule has 1 rings (SSSR count). The maximum Gasteiger partial charge on any atom is 0 e. The molecular formula is C4H5N2Y-. The van der Waals surface area contributed by atoms with Crippen molar-refractivity contribution in [1.82, 2.24) is 9.55 Å². The summed E-state index contributed by atoms with van der Waals surface area (Å²) in [7, 11) is 1.91. The Kier molecular flexibility index (Phi) is 3.48. The predicted octanol–water partition coefficient (Wildman–Crippen LogP) is 0.218. The SMILES string of the molecule is Cn1c[c-]nc1.[Y]. The van der Waals surface area contributed by atoms with E-state index < -0.39 is 0 Å². The van der Waals surface area contributed by atoms with Crippen molar-refractivity contribution in [3.63, 3.8) is 0 Å². The maximum atomic E-state index is 3.66. The third kappa shape index (κ3) is 2.20. The Labute approximate surface area is 67.8 Å². The number of hydrogen-bond donors (Lipinski definition) is 0. The van der Waals surface area contributed by atoms with Gasteiger partial charge in [0.05, 0.1) is 0 Å². The second-order valence-electron chi connectivity index (χ2n) is 1.17. The van der Waals surface area contributed by atoms with Crippen LogP contribution >= 0.6 is 0 Å². The summed E-state index contributed by atoms with van der Waals surface area (Å²) in [5, 5.41) is 0. The summed E-state index contributed by atoms with van der Waals surface area (Å²) in [6.07, 6.45) is 6.10. The quantitative estimate of drug-likeness (QED) is 0.509. The Hall–Kier alpha value is 0.314. The molecule has 7 heavy (non-hydrogen) atoms. The monoisotopic (exact) mass is 170 g/mol. The maximum absolute atomic E-state index is 3.66. The van der Waals surface area contributed by atoms with Gasteiger partial charge in [0.1, 0.15) is 0 Å². The van der Waals surface area contributed by atoms with Crippen LogP contribution in [0.15, 0.2) is 12.5 Å². The van der Waals surface area contributed by atoms with E-state index in [4.69, 9.17) is 0 Å². The van der Waals surface area contributed by atoms with Gasteiger partial charge in [0, 0.05) is 32.7 Å². The number of nitrogens with zero attached hydrogens (tertiary/aromatic N) is 2. The molecule has 1 heterocycles. The molecule has 0 saturated carbocycles. The van der Waals surface area contributed by atoms with E-state index in [-0.39, 0.29) is 32.7 Å². The molecule has 1 radical (unpaired) electrons. The molecule has 1 aromatic rings. The van der Waals surface area contributed by atoms with Crippen LogP contribution in [0.25, 0.3) is 0 Å². The molecule has 0 fully saturated rings. The van der Waals surface area contributed by atoms with Crippen LogP contribution < -0.4 is 0 Å². The average Bonchev–Trinajstić information content (AvgIpc) is 1.86. The van der Waals surface area contributed by atoms with Gasteiger partial charge >= 0.3 is 0 Å². The molecule has 0 bridgehead atoms. The molecule has 0 saturated heterocycles. The molecule has 0 aliphatic carbocycles. The van der Waals surface area contributed by atoms with Gasteiger partial charge in [-0.3, -0.25) is 0 Å². The first kappa shape index (κ1) is 7.31. The van der Waals surface area contributed by atoms with Crippen molar-refractivity contribution < 1.29 is 32.7 Å². The van der Waals surface area contributed by atoms with Crippen LogP contribution in [0, 0.1) is 6.20 Å².